The summed E-state index contributed by atoms with van der Waals surface area (Å²) >= 11 is 1.50. The molecule has 0 spiro atoms. The van der Waals surface area contributed by atoms with E-state index in [1.165, 1.54) is 25.2 Å². The fourth-order valence-electron chi connectivity index (χ4n) is 2.68. The number of rotatable bonds is 5. The highest BCUT2D eigenvalue weighted by atomic mass is 32.1. The quantitative estimate of drug-likeness (QED) is 0.686. The monoisotopic (exact) mass is 381 g/mol. The van der Waals surface area contributed by atoms with Crippen LogP contribution < -0.4 is 15.4 Å². The summed E-state index contributed by atoms with van der Waals surface area (Å²) in [6.07, 6.45) is 0. The molecule has 6 nitrogen and oxygen atoms in total. The van der Waals surface area contributed by atoms with Crippen LogP contribution in [0.15, 0.2) is 47.8 Å². The minimum Gasteiger partial charge on any atom is -0.496 e. The van der Waals surface area contributed by atoms with Gasteiger partial charge in [-0.05, 0) is 30.3 Å². The van der Waals surface area contributed by atoms with Gasteiger partial charge in [-0.15, -0.1) is 11.3 Å². The van der Waals surface area contributed by atoms with Gasteiger partial charge in [-0.3, -0.25) is 9.59 Å². The van der Waals surface area contributed by atoms with Gasteiger partial charge >= 0.3 is 0 Å². The molecule has 0 saturated carbocycles. The maximum Gasteiger partial charge on any atom is 0.221 e. The second kappa shape index (κ2) is 8.01. The first kappa shape index (κ1) is 18.6. The molecule has 3 rings (SSSR count). The Bertz CT molecular complexity index is 998. The summed E-state index contributed by atoms with van der Waals surface area (Å²) in [4.78, 5) is 27.6. The van der Waals surface area contributed by atoms with Crippen molar-refractivity contribution in [3.8, 4) is 27.6 Å². The molecule has 0 aliphatic rings. The molecule has 1 heterocycles. The number of aromatic nitrogens is 1. The molecule has 27 heavy (non-hydrogen) atoms. The number of ether oxygens (including phenoxy) is 1. The van der Waals surface area contributed by atoms with Crippen molar-refractivity contribution < 1.29 is 14.3 Å². The number of benzene rings is 2. The van der Waals surface area contributed by atoms with Gasteiger partial charge in [-0.25, -0.2) is 4.98 Å². The lowest BCUT2D eigenvalue weighted by atomic mass is 10.1. The van der Waals surface area contributed by atoms with Gasteiger partial charge < -0.3 is 15.4 Å². The van der Waals surface area contributed by atoms with Crippen LogP contribution in [0.5, 0.6) is 5.75 Å². The van der Waals surface area contributed by atoms with Crippen LogP contribution in [0.25, 0.3) is 21.8 Å². The largest absolute Gasteiger partial charge is 0.496 e. The number of amides is 2. The second-order valence-corrected chi connectivity index (χ2v) is 6.72. The summed E-state index contributed by atoms with van der Waals surface area (Å²) in [6, 6.07) is 13.0. The fraction of sp³-hybridized carbons (Fsp3) is 0.150. The lowest BCUT2D eigenvalue weighted by Crippen LogP contribution is -2.09. The average Bonchev–Trinajstić information content (AvgIpc) is 3.10. The number of thiazole rings is 1. The predicted molar refractivity (Wildman–Crippen MR) is 108 cm³/mol. The minimum atomic E-state index is -0.198. The first-order valence-corrected chi connectivity index (χ1v) is 9.14. The van der Waals surface area contributed by atoms with Gasteiger partial charge in [0.25, 0.3) is 0 Å². The fourth-order valence-corrected chi connectivity index (χ4v) is 3.53. The summed E-state index contributed by atoms with van der Waals surface area (Å²) in [7, 11) is 1.63. The Kier molecular flexibility index (Phi) is 5.52. The van der Waals surface area contributed by atoms with Gasteiger partial charge in [0.2, 0.25) is 11.8 Å². The maximum absolute atomic E-state index is 11.6. The molecule has 3 aromatic rings. The Morgan fingerprint density at radius 1 is 1.00 bits per heavy atom. The van der Waals surface area contributed by atoms with Gasteiger partial charge in [-0.1, -0.05) is 12.1 Å². The van der Waals surface area contributed by atoms with Gasteiger partial charge in [0.05, 0.1) is 24.1 Å². The lowest BCUT2D eigenvalue weighted by Gasteiger charge is -2.11. The van der Waals surface area contributed by atoms with Crippen LogP contribution in [0.4, 0.5) is 11.4 Å². The number of carbonyl (C=O) groups is 2. The molecule has 0 radical (unpaired) electrons. The van der Waals surface area contributed by atoms with E-state index in [-0.39, 0.29) is 11.8 Å². The zero-order valence-corrected chi connectivity index (χ0v) is 16.0. The van der Waals surface area contributed by atoms with Crippen LogP contribution in [0.3, 0.4) is 0 Å². The molecule has 2 aromatic carbocycles. The third-order valence-electron chi connectivity index (χ3n) is 3.77. The van der Waals surface area contributed by atoms with Crippen molar-refractivity contribution in [2.45, 2.75) is 13.8 Å². The van der Waals surface area contributed by atoms with Crippen LogP contribution >= 0.6 is 11.3 Å². The number of nitrogens with zero attached hydrogens (tertiary/aromatic N) is 1. The molecule has 0 aliphatic carbocycles. The summed E-state index contributed by atoms with van der Waals surface area (Å²) in [5.74, 6) is 0.376. The highest BCUT2D eigenvalue weighted by molar-refractivity contribution is 7.13. The van der Waals surface area contributed by atoms with E-state index in [0.29, 0.717) is 11.4 Å². The summed E-state index contributed by atoms with van der Waals surface area (Å²) < 4.78 is 5.41. The third-order valence-corrected chi connectivity index (χ3v) is 4.64. The molecule has 0 atom stereocenters. The number of carbonyl (C=O) groups excluding carboxylic acids is 2. The van der Waals surface area contributed by atoms with Crippen molar-refractivity contribution in [3.63, 3.8) is 0 Å². The Balaban J connectivity index is 2.02. The average molecular weight is 381 g/mol. The number of para-hydroxylation sites is 1. The van der Waals surface area contributed by atoms with Gasteiger partial charge in [0.1, 0.15) is 10.8 Å². The Morgan fingerprint density at radius 2 is 1.74 bits per heavy atom. The molecule has 0 saturated heterocycles. The van der Waals surface area contributed by atoms with Crippen molar-refractivity contribution in [3.05, 3.63) is 47.8 Å². The van der Waals surface area contributed by atoms with E-state index >= 15 is 0 Å². The van der Waals surface area contributed by atoms with E-state index in [1.54, 1.807) is 19.2 Å². The molecule has 2 N–H and O–H groups in total. The number of methoxy groups -OCH3 is 1. The topological polar surface area (TPSA) is 80.3 Å². The zero-order chi connectivity index (χ0) is 19.4. The molecule has 1 aromatic heterocycles. The van der Waals surface area contributed by atoms with Gasteiger partial charge in [-0.2, -0.15) is 0 Å². The van der Waals surface area contributed by atoms with E-state index in [9.17, 15) is 9.59 Å². The molecule has 0 bridgehead atoms. The van der Waals surface area contributed by atoms with E-state index in [2.05, 4.69) is 10.6 Å². The summed E-state index contributed by atoms with van der Waals surface area (Å²) in [5, 5.41) is 8.28. The third kappa shape index (κ3) is 4.32. The smallest absolute Gasteiger partial charge is 0.221 e. The highest BCUT2D eigenvalue weighted by Crippen LogP contribution is 2.37. The van der Waals surface area contributed by atoms with Crippen molar-refractivity contribution in [2.24, 2.45) is 0 Å². The number of nitrogens with one attached hydrogen (secondary N) is 2. The number of hydrogen-bond acceptors (Lipinski definition) is 5. The van der Waals surface area contributed by atoms with Crippen LogP contribution in [0.2, 0.25) is 0 Å². The van der Waals surface area contributed by atoms with E-state index < -0.39 is 0 Å². The highest BCUT2D eigenvalue weighted by Gasteiger charge is 2.14. The lowest BCUT2D eigenvalue weighted by molar-refractivity contribution is -0.115. The predicted octanol–water partition coefficient (Wildman–Crippen LogP) is 4.40. The maximum atomic E-state index is 11.6. The van der Waals surface area contributed by atoms with Crippen molar-refractivity contribution >= 4 is 34.5 Å². The molecule has 0 aliphatic heterocycles. The summed E-state index contributed by atoms with van der Waals surface area (Å²) in [6.45, 7) is 2.88. The molecule has 138 valence electrons. The van der Waals surface area contributed by atoms with Crippen LogP contribution in [0, 0.1) is 0 Å². The number of anilines is 2. The van der Waals surface area contributed by atoms with Crippen LogP contribution in [0.1, 0.15) is 13.8 Å². The van der Waals surface area contributed by atoms with Crippen molar-refractivity contribution in [1.29, 1.82) is 0 Å². The Morgan fingerprint density at radius 3 is 2.44 bits per heavy atom. The van der Waals surface area contributed by atoms with Crippen LogP contribution in [-0.2, 0) is 9.59 Å². The molecule has 2 amide bonds. The first-order valence-electron chi connectivity index (χ1n) is 8.26. The van der Waals surface area contributed by atoms with Crippen molar-refractivity contribution in [2.75, 3.05) is 17.7 Å². The molecular weight excluding hydrogens is 362 g/mol. The SMILES string of the molecule is COc1ccccc1-c1nc(-c2ccc(NC(C)=O)cc2NC(C)=O)cs1. The minimum absolute atomic E-state index is 0.177. The second-order valence-electron chi connectivity index (χ2n) is 5.86. The summed E-state index contributed by atoms with van der Waals surface area (Å²) in [5.41, 5.74) is 3.61. The van der Waals surface area contributed by atoms with Gasteiger partial charge in [0, 0.05) is 30.5 Å². The normalized spacial score (nSPS) is 10.3. The molecule has 0 fully saturated rings. The van der Waals surface area contributed by atoms with Crippen molar-refractivity contribution in [1.82, 2.24) is 4.98 Å². The molecular formula is C20H19N3O3S. The first-order chi connectivity index (χ1) is 13.0. The van der Waals surface area contributed by atoms with E-state index in [0.717, 1.165) is 27.6 Å². The van der Waals surface area contributed by atoms with E-state index in [1.807, 2.05) is 35.7 Å². The van der Waals surface area contributed by atoms with Crippen LogP contribution in [-0.4, -0.2) is 23.9 Å². The number of hydrogen-bond donors (Lipinski definition) is 2. The molecule has 0 unspecified atom stereocenters. The standard InChI is InChI=1S/C20H19N3O3S/c1-12(24)21-14-8-9-15(17(10-14)22-13(2)25)18-11-27-20(23-18)16-6-4-5-7-19(16)26-3/h4-11H,1-3H3,(H,21,24)(H,22,25). The Hall–Kier alpha value is -3.19. The van der Waals surface area contributed by atoms with Gasteiger partial charge in [0.15, 0.2) is 0 Å². The zero-order valence-electron chi connectivity index (χ0n) is 15.2. The Labute approximate surface area is 161 Å². The molecule has 7 heteroatoms. The van der Waals surface area contributed by atoms with E-state index in [4.69, 9.17) is 9.72 Å².